The van der Waals surface area contributed by atoms with E-state index in [1.807, 2.05) is 30.3 Å². The maximum atomic E-state index is 13.0. The summed E-state index contributed by atoms with van der Waals surface area (Å²) in [7, 11) is 2.68. The number of Topliss-reactive ketones (excluding diaryl/α,β-unsaturated/α-hetero) is 1. The molecule has 0 amide bonds. The maximum Gasteiger partial charge on any atom is 0.360 e. The Kier molecular flexibility index (Phi) is 4.31. The topological polar surface area (TPSA) is 78.9 Å². The first kappa shape index (κ1) is 16.9. The van der Waals surface area contributed by atoms with Crippen LogP contribution in [-0.2, 0) is 14.3 Å². The van der Waals surface area contributed by atoms with Gasteiger partial charge in [-0.05, 0) is 30.6 Å². The van der Waals surface area contributed by atoms with Crippen LogP contribution < -0.4 is 5.32 Å². The van der Waals surface area contributed by atoms with Gasteiger partial charge in [-0.2, -0.15) is 0 Å². The summed E-state index contributed by atoms with van der Waals surface area (Å²) in [5.74, 6) is -2.15. The van der Waals surface area contributed by atoms with Crippen molar-refractivity contribution in [1.29, 1.82) is 0 Å². The summed E-state index contributed by atoms with van der Waals surface area (Å²) in [5.41, 5.74) is -1.34. The van der Waals surface area contributed by atoms with Crippen LogP contribution in [0, 0.1) is 11.8 Å². The Morgan fingerprint density at radius 2 is 1.96 bits per heavy atom. The number of carbonyl (C=O) groups is 2. The van der Waals surface area contributed by atoms with Crippen LogP contribution in [0.4, 0.5) is 0 Å². The SMILES string of the molecule is COC(=O)[C@]1(O)[C@@H](C(=O)C2CC2)[C@H](c2ccccc2)NC(=S)N1C. The number of likely N-dealkylation sites (N-methyl/N-ethyl adjacent to an activating group) is 1. The van der Waals surface area contributed by atoms with Crippen molar-refractivity contribution in [2.24, 2.45) is 11.8 Å². The van der Waals surface area contributed by atoms with Crippen LogP contribution >= 0.6 is 12.2 Å². The molecule has 128 valence electrons. The van der Waals surface area contributed by atoms with E-state index in [0.29, 0.717) is 0 Å². The number of nitrogens with zero attached hydrogens (tertiary/aromatic N) is 1. The van der Waals surface area contributed by atoms with Crippen molar-refractivity contribution >= 4 is 29.1 Å². The summed E-state index contributed by atoms with van der Waals surface area (Å²) in [6, 6.07) is 8.64. The van der Waals surface area contributed by atoms with Crippen molar-refractivity contribution < 1.29 is 19.4 Å². The summed E-state index contributed by atoms with van der Waals surface area (Å²) in [6.45, 7) is 0. The highest BCUT2D eigenvalue weighted by atomic mass is 32.1. The van der Waals surface area contributed by atoms with E-state index in [1.165, 1.54) is 19.1 Å². The van der Waals surface area contributed by atoms with E-state index in [2.05, 4.69) is 5.32 Å². The van der Waals surface area contributed by atoms with Gasteiger partial charge in [-0.3, -0.25) is 4.79 Å². The highest BCUT2D eigenvalue weighted by Crippen LogP contribution is 2.44. The molecule has 24 heavy (non-hydrogen) atoms. The Hall–Kier alpha value is -1.99. The third-order valence-electron chi connectivity index (χ3n) is 4.79. The molecule has 1 aliphatic heterocycles. The molecule has 0 spiro atoms. The molecular formula is C17H20N2O4S. The van der Waals surface area contributed by atoms with Crippen LogP contribution in [0.15, 0.2) is 30.3 Å². The lowest BCUT2D eigenvalue weighted by Crippen LogP contribution is -2.70. The Morgan fingerprint density at radius 3 is 2.50 bits per heavy atom. The molecule has 3 rings (SSSR count). The van der Waals surface area contributed by atoms with Crippen LogP contribution in [0.1, 0.15) is 24.4 Å². The van der Waals surface area contributed by atoms with E-state index >= 15 is 0 Å². The molecule has 7 heteroatoms. The van der Waals surface area contributed by atoms with Crippen molar-refractivity contribution in [3.8, 4) is 0 Å². The van der Waals surface area contributed by atoms with Gasteiger partial charge in [-0.1, -0.05) is 30.3 Å². The molecule has 6 nitrogen and oxygen atoms in total. The molecule has 1 heterocycles. The number of rotatable bonds is 4. The second-order valence-corrected chi connectivity index (χ2v) is 6.66. The molecule has 0 bridgehead atoms. The summed E-state index contributed by atoms with van der Waals surface area (Å²) >= 11 is 5.28. The first-order valence-corrected chi connectivity index (χ1v) is 8.25. The first-order chi connectivity index (χ1) is 11.4. The highest BCUT2D eigenvalue weighted by Gasteiger charge is 2.61. The number of benzene rings is 1. The number of ketones is 1. The van der Waals surface area contributed by atoms with E-state index in [-0.39, 0.29) is 16.8 Å². The Morgan fingerprint density at radius 1 is 1.33 bits per heavy atom. The smallest absolute Gasteiger partial charge is 0.360 e. The zero-order valence-electron chi connectivity index (χ0n) is 13.6. The summed E-state index contributed by atoms with van der Waals surface area (Å²) < 4.78 is 4.81. The predicted octanol–water partition coefficient (Wildman–Crippen LogP) is 1.00. The van der Waals surface area contributed by atoms with E-state index in [9.17, 15) is 14.7 Å². The fourth-order valence-corrected chi connectivity index (χ4v) is 3.51. The second kappa shape index (κ2) is 6.14. The van der Waals surface area contributed by atoms with Gasteiger partial charge in [-0.25, -0.2) is 4.79 Å². The van der Waals surface area contributed by atoms with Crippen molar-refractivity contribution in [3.05, 3.63) is 35.9 Å². The lowest BCUT2D eigenvalue weighted by Gasteiger charge is -2.49. The van der Waals surface area contributed by atoms with Gasteiger partial charge in [0, 0.05) is 13.0 Å². The number of ether oxygens (including phenoxy) is 1. The number of thiocarbonyl (C=S) groups is 1. The minimum atomic E-state index is -2.13. The van der Waals surface area contributed by atoms with Gasteiger partial charge in [0.05, 0.1) is 13.2 Å². The standard InChI is InChI=1S/C17H20N2O4S/c1-19-16(24)18-13(10-6-4-3-5-7-10)12(14(20)11-8-9-11)17(19,22)15(21)23-2/h3-7,11-13,22H,8-9H2,1-2H3,(H,18,24)/t12-,13+,17-/m1/s1. The summed E-state index contributed by atoms with van der Waals surface area (Å²) in [4.78, 5) is 26.6. The van der Waals surface area contributed by atoms with Crippen molar-refractivity contribution in [2.45, 2.75) is 24.6 Å². The summed E-state index contributed by atoms with van der Waals surface area (Å²) in [6.07, 6.45) is 1.56. The molecule has 1 aromatic rings. The first-order valence-electron chi connectivity index (χ1n) is 7.85. The van der Waals surface area contributed by atoms with E-state index in [4.69, 9.17) is 17.0 Å². The van der Waals surface area contributed by atoms with Crippen LogP contribution in [0.3, 0.4) is 0 Å². The molecule has 2 fully saturated rings. The zero-order chi connectivity index (χ0) is 17.5. The van der Waals surface area contributed by atoms with Gasteiger partial charge in [0.25, 0.3) is 5.72 Å². The lowest BCUT2D eigenvalue weighted by molar-refractivity contribution is -0.195. The largest absolute Gasteiger partial charge is 0.465 e. The number of hydrogen-bond acceptors (Lipinski definition) is 5. The Labute approximate surface area is 145 Å². The fourth-order valence-electron chi connectivity index (χ4n) is 3.24. The molecule has 1 aliphatic carbocycles. The average Bonchev–Trinajstić information content (AvgIpc) is 3.44. The average molecular weight is 348 g/mol. The van der Waals surface area contributed by atoms with Crippen LogP contribution in [-0.4, -0.2) is 46.8 Å². The molecule has 0 unspecified atom stereocenters. The minimum absolute atomic E-state index is 0.126. The van der Waals surface area contributed by atoms with Crippen molar-refractivity contribution in [1.82, 2.24) is 10.2 Å². The fraction of sp³-hybridized carbons (Fsp3) is 0.471. The third-order valence-corrected chi connectivity index (χ3v) is 5.18. The van der Waals surface area contributed by atoms with Crippen LogP contribution in [0.5, 0.6) is 0 Å². The van der Waals surface area contributed by atoms with Crippen molar-refractivity contribution in [3.63, 3.8) is 0 Å². The number of esters is 1. The molecule has 2 N–H and O–H groups in total. The predicted molar refractivity (Wildman–Crippen MR) is 90.9 cm³/mol. The maximum absolute atomic E-state index is 13.0. The molecule has 3 atom stereocenters. The monoisotopic (exact) mass is 348 g/mol. The molecular weight excluding hydrogens is 328 g/mol. The Balaban J connectivity index is 2.11. The molecule has 2 aliphatic rings. The number of aliphatic hydroxyl groups is 1. The summed E-state index contributed by atoms with van der Waals surface area (Å²) in [5, 5.41) is 14.5. The van der Waals surface area contributed by atoms with Gasteiger partial charge >= 0.3 is 5.97 Å². The number of methoxy groups -OCH3 is 1. The van der Waals surface area contributed by atoms with Gasteiger partial charge in [0.15, 0.2) is 5.11 Å². The van der Waals surface area contributed by atoms with Gasteiger partial charge in [-0.15, -0.1) is 0 Å². The highest BCUT2D eigenvalue weighted by molar-refractivity contribution is 7.80. The normalized spacial score (nSPS) is 29.8. The molecule has 1 saturated carbocycles. The second-order valence-electron chi connectivity index (χ2n) is 6.27. The molecule has 1 aromatic carbocycles. The van der Waals surface area contributed by atoms with E-state index in [1.54, 1.807) is 0 Å². The molecule has 1 saturated heterocycles. The molecule has 0 radical (unpaired) electrons. The number of carbonyl (C=O) groups excluding carboxylic acids is 2. The molecule has 0 aromatic heterocycles. The van der Waals surface area contributed by atoms with Crippen molar-refractivity contribution in [2.75, 3.05) is 14.2 Å². The minimum Gasteiger partial charge on any atom is -0.465 e. The zero-order valence-corrected chi connectivity index (χ0v) is 14.4. The number of nitrogens with one attached hydrogen (secondary N) is 1. The van der Waals surface area contributed by atoms with E-state index in [0.717, 1.165) is 18.4 Å². The quantitative estimate of drug-likeness (QED) is 0.621. The van der Waals surface area contributed by atoms with E-state index < -0.39 is 23.7 Å². The van der Waals surface area contributed by atoms with Gasteiger partial charge in [0.2, 0.25) is 0 Å². The number of hydrogen-bond donors (Lipinski definition) is 2. The lowest BCUT2D eigenvalue weighted by atomic mass is 9.77. The van der Waals surface area contributed by atoms with Gasteiger partial charge in [0.1, 0.15) is 11.7 Å². The van der Waals surface area contributed by atoms with Crippen LogP contribution in [0.2, 0.25) is 0 Å². The third kappa shape index (κ3) is 2.57. The van der Waals surface area contributed by atoms with Gasteiger partial charge < -0.3 is 20.1 Å². The Bertz CT molecular complexity index is 676. The van der Waals surface area contributed by atoms with Crippen LogP contribution in [0.25, 0.3) is 0 Å².